The predicted molar refractivity (Wildman–Crippen MR) is 180 cm³/mol. The molecule has 0 bridgehead atoms. The molecule has 5 aromatic rings. The number of amides is 2. The largest absolute Gasteiger partial charge is 0.354 e. The van der Waals surface area contributed by atoms with Crippen LogP contribution in [0.4, 0.5) is 17.2 Å². The number of imide groups is 1. The predicted octanol–water partition coefficient (Wildman–Crippen LogP) is 8.69. The molecule has 1 aliphatic heterocycles. The molecule has 0 fully saturated rings. The zero-order valence-corrected chi connectivity index (χ0v) is 26.0. The Kier molecular flexibility index (Phi) is 11.0. The van der Waals surface area contributed by atoms with Crippen LogP contribution in [0.5, 0.6) is 0 Å². The molecular weight excluding hydrogens is 546 g/mol. The summed E-state index contributed by atoms with van der Waals surface area (Å²) in [6.07, 6.45) is 1.56. The number of carbonyl (C=O) groups excluding carboxylic acids is 2. The highest BCUT2D eigenvalue weighted by Gasteiger charge is 2.35. The first-order valence-corrected chi connectivity index (χ1v) is 15.2. The lowest BCUT2D eigenvalue weighted by Gasteiger charge is -2.27. The van der Waals surface area contributed by atoms with Crippen molar-refractivity contribution in [1.82, 2.24) is 14.9 Å². The van der Waals surface area contributed by atoms with E-state index in [1.54, 1.807) is 30.6 Å². The molecule has 1 aromatic heterocycles. The van der Waals surface area contributed by atoms with E-state index in [-0.39, 0.29) is 18.5 Å². The molecule has 4 aromatic carbocycles. The minimum atomic E-state index is -0.258. The van der Waals surface area contributed by atoms with Gasteiger partial charge in [-0.15, -0.1) is 0 Å². The highest BCUT2D eigenvalue weighted by molar-refractivity contribution is 6.21. The van der Waals surface area contributed by atoms with E-state index in [1.807, 2.05) is 100 Å². The summed E-state index contributed by atoms with van der Waals surface area (Å²) in [5.74, 6) is 0.165. The number of nitrogens with one attached hydrogen (secondary N) is 1. The van der Waals surface area contributed by atoms with E-state index in [2.05, 4.69) is 39.6 Å². The van der Waals surface area contributed by atoms with Crippen LogP contribution in [0.15, 0.2) is 116 Å². The van der Waals surface area contributed by atoms with Crippen molar-refractivity contribution in [3.63, 3.8) is 0 Å². The van der Waals surface area contributed by atoms with Crippen molar-refractivity contribution < 1.29 is 9.59 Å². The second-order valence-electron chi connectivity index (χ2n) is 9.49. The summed E-state index contributed by atoms with van der Waals surface area (Å²) in [4.78, 5) is 37.8. The Morgan fingerprint density at radius 2 is 1.25 bits per heavy atom. The molecule has 44 heavy (non-hydrogen) atoms. The average Bonchev–Trinajstić information content (AvgIpc) is 3.34. The molecule has 224 valence electrons. The van der Waals surface area contributed by atoms with E-state index in [9.17, 15) is 9.59 Å². The van der Waals surface area contributed by atoms with E-state index in [1.165, 1.54) is 4.90 Å². The monoisotopic (exact) mass is 585 g/mol. The van der Waals surface area contributed by atoms with Crippen LogP contribution in [-0.2, 0) is 0 Å². The zero-order chi connectivity index (χ0) is 31.5. The molecule has 1 aliphatic rings. The summed E-state index contributed by atoms with van der Waals surface area (Å²) >= 11 is 0. The lowest BCUT2D eigenvalue weighted by molar-refractivity contribution is 0.0654. The number of hydrogen-bond donors (Lipinski definition) is 1. The molecule has 0 saturated carbocycles. The van der Waals surface area contributed by atoms with Crippen LogP contribution in [0.1, 0.15) is 55.3 Å². The molecule has 0 aliphatic carbocycles. The Bertz CT molecular complexity index is 1650. The van der Waals surface area contributed by atoms with Gasteiger partial charge in [0.05, 0.1) is 16.8 Å². The fourth-order valence-corrected chi connectivity index (χ4v) is 4.88. The van der Waals surface area contributed by atoms with Crippen molar-refractivity contribution in [2.45, 2.75) is 34.6 Å². The summed E-state index contributed by atoms with van der Waals surface area (Å²) in [6, 6.07) is 35.3. The van der Waals surface area contributed by atoms with Crippen LogP contribution in [-0.4, -0.2) is 39.9 Å². The molecule has 7 nitrogen and oxygen atoms in total. The highest BCUT2D eigenvalue weighted by atomic mass is 16.2. The Labute approximate surface area is 260 Å². The number of nitrogens with zero attached hydrogens (tertiary/aromatic N) is 4. The van der Waals surface area contributed by atoms with Crippen LogP contribution >= 0.6 is 0 Å². The highest BCUT2D eigenvalue weighted by Crippen LogP contribution is 2.28. The van der Waals surface area contributed by atoms with Gasteiger partial charge in [0.15, 0.2) is 0 Å². The third kappa shape index (κ3) is 7.01. The van der Waals surface area contributed by atoms with E-state index in [4.69, 9.17) is 0 Å². The maximum Gasteiger partial charge on any atom is 0.263 e. The number of fused-ring (bicyclic) bond motifs is 1. The van der Waals surface area contributed by atoms with Crippen molar-refractivity contribution in [1.29, 1.82) is 0 Å². The minimum Gasteiger partial charge on any atom is -0.354 e. The lowest BCUT2D eigenvalue weighted by Crippen LogP contribution is -2.41. The lowest BCUT2D eigenvalue weighted by atomic mass is 10.0. The van der Waals surface area contributed by atoms with E-state index in [0.29, 0.717) is 23.5 Å². The van der Waals surface area contributed by atoms with Crippen LogP contribution in [0.3, 0.4) is 0 Å². The summed E-state index contributed by atoms with van der Waals surface area (Å²) in [5.41, 5.74) is 6.80. The molecular formula is C37H39N5O2. The van der Waals surface area contributed by atoms with E-state index >= 15 is 0 Å². The normalized spacial score (nSPS) is 11.5. The fraction of sp³-hybridized carbons (Fsp3) is 0.189. The standard InChI is InChI=1S/C33H27N5O2.2C2H6/c1-2-37(22-38-32(39)28-13-6-7-14-29(28)33(38)40)27-17-15-26(16-18-27)36-31-20-30(34-21-35-31)25-12-8-11-24(19-25)23-9-4-3-5-10-23;2*1-2/h3-21H,2,22H2,1H3,(H,34,35,36);2*1-2H3. The van der Waals surface area contributed by atoms with Gasteiger partial charge in [-0.1, -0.05) is 88.4 Å². The van der Waals surface area contributed by atoms with Crippen molar-refractivity contribution in [2.24, 2.45) is 0 Å². The van der Waals surface area contributed by atoms with E-state index < -0.39 is 0 Å². The second-order valence-corrected chi connectivity index (χ2v) is 9.49. The van der Waals surface area contributed by atoms with E-state index in [0.717, 1.165) is 33.8 Å². The number of benzene rings is 4. The smallest absolute Gasteiger partial charge is 0.263 e. The van der Waals surface area contributed by atoms with Gasteiger partial charge in [-0.25, -0.2) is 9.97 Å². The topological polar surface area (TPSA) is 78.4 Å². The minimum absolute atomic E-state index is 0.187. The van der Waals surface area contributed by atoms with Gasteiger partial charge >= 0.3 is 0 Å². The maximum atomic E-state index is 12.8. The molecule has 0 unspecified atom stereocenters. The third-order valence-corrected chi connectivity index (χ3v) is 7.01. The SMILES string of the molecule is CC.CC.CCN(CN1C(=O)c2ccccc2C1=O)c1ccc(Nc2cc(-c3cccc(-c4ccccc4)c3)ncn2)cc1. The number of aromatic nitrogens is 2. The number of rotatable bonds is 8. The van der Waals surface area contributed by atoms with Crippen molar-refractivity contribution in [3.8, 4) is 22.4 Å². The Balaban J connectivity index is 0.00000106. The summed E-state index contributed by atoms with van der Waals surface area (Å²) in [7, 11) is 0. The van der Waals surface area contributed by atoms with Crippen LogP contribution in [0.2, 0.25) is 0 Å². The molecule has 1 N–H and O–H groups in total. The summed E-state index contributed by atoms with van der Waals surface area (Å²) < 4.78 is 0. The number of anilines is 3. The van der Waals surface area contributed by atoms with Gasteiger partial charge in [-0.05, 0) is 60.5 Å². The first kappa shape index (κ1) is 31.6. The molecule has 6 rings (SSSR count). The van der Waals surface area contributed by atoms with Gasteiger partial charge < -0.3 is 10.2 Å². The third-order valence-electron chi connectivity index (χ3n) is 7.01. The molecule has 0 saturated heterocycles. The Hall–Kier alpha value is -5.30. The van der Waals surface area contributed by atoms with Gasteiger partial charge in [-0.3, -0.25) is 14.5 Å². The van der Waals surface area contributed by atoms with Gasteiger partial charge in [0.1, 0.15) is 18.8 Å². The Morgan fingerprint density at radius 3 is 1.89 bits per heavy atom. The van der Waals surface area contributed by atoms with Crippen molar-refractivity contribution in [2.75, 3.05) is 23.4 Å². The zero-order valence-electron chi connectivity index (χ0n) is 26.0. The average molecular weight is 586 g/mol. The van der Waals surface area contributed by atoms with Gasteiger partial charge in [0.2, 0.25) is 0 Å². The van der Waals surface area contributed by atoms with Gasteiger partial charge in [-0.2, -0.15) is 0 Å². The fourth-order valence-electron chi connectivity index (χ4n) is 4.88. The quantitative estimate of drug-likeness (QED) is 0.184. The van der Waals surface area contributed by atoms with Gasteiger partial charge in [0, 0.05) is 29.5 Å². The van der Waals surface area contributed by atoms with Crippen molar-refractivity contribution in [3.05, 3.63) is 127 Å². The molecule has 0 atom stereocenters. The summed E-state index contributed by atoms with van der Waals surface area (Å²) in [5, 5.41) is 3.36. The van der Waals surface area contributed by atoms with Crippen LogP contribution in [0.25, 0.3) is 22.4 Å². The van der Waals surface area contributed by atoms with Crippen LogP contribution < -0.4 is 10.2 Å². The molecule has 2 heterocycles. The van der Waals surface area contributed by atoms with Gasteiger partial charge in [0.25, 0.3) is 11.8 Å². The van der Waals surface area contributed by atoms with Crippen molar-refractivity contribution >= 4 is 29.0 Å². The van der Waals surface area contributed by atoms with Crippen LogP contribution in [0, 0.1) is 0 Å². The molecule has 7 heteroatoms. The Morgan fingerprint density at radius 1 is 0.659 bits per heavy atom. The maximum absolute atomic E-state index is 12.8. The number of carbonyl (C=O) groups is 2. The molecule has 0 radical (unpaired) electrons. The first-order valence-electron chi connectivity index (χ1n) is 15.2. The second kappa shape index (κ2) is 15.3. The number of hydrogen-bond acceptors (Lipinski definition) is 6. The summed E-state index contributed by atoms with van der Waals surface area (Å²) in [6.45, 7) is 10.8. The molecule has 2 amide bonds. The molecule has 0 spiro atoms. The first-order chi connectivity index (χ1) is 21.6.